The van der Waals surface area contributed by atoms with Crippen molar-refractivity contribution in [3.8, 4) is 11.1 Å². The summed E-state index contributed by atoms with van der Waals surface area (Å²) in [6.45, 7) is 9.48. The third kappa shape index (κ3) is 4.46. The minimum absolute atomic E-state index is 0. The summed E-state index contributed by atoms with van der Waals surface area (Å²) in [5.74, 6) is 0. The molecular formula is C41H38Cl4Zr. The van der Waals surface area contributed by atoms with Gasteiger partial charge < -0.3 is 0 Å². The molecule has 0 atom stereocenters. The van der Waals surface area contributed by atoms with Crippen molar-refractivity contribution in [1.29, 1.82) is 0 Å². The van der Waals surface area contributed by atoms with Gasteiger partial charge in [-0.05, 0) is 0 Å². The zero-order valence-corrected chi connectivity index (χ0v) is 32.2. The zero-order valence-electron chi connectivity index (χ0n) is 26.6. The summed E-state index contributed by atoms with van der Waals surface area (Å²) in [4.78, 5) is 0. The summed E-state index contributed by atoms with van der Waals surface area (Å²) in [5.41, 5.74) is 11.1. The van der Waals surface area contributed by atoms with Gasteiger partial charge in [-0.3, -0.25) is 0 Å². The van der Waals surface area contributed by atoms with Crippen LogP contribution in [0, 0.1) is 0 Å². The van der Waals surface area contributed by atoms with Gasteiger partial charge >= 0.3 is 274 Å². The predicted octanol–water partition coefficient (Wildman–Crippen LogP) is 11.0. The average Bonchev–Trinajstić information content (AvgIpc) is 3.77. The molecule has 0 bridgehead atoms. The van der Waals surface area contributed by atoms with E-state index in [1.807, 2.05) is 24.3 Å². The van der Waals surface area contributed by atoms with E-state index in [9.17, 15) is 0 Å². The fourth-order valence-electron chi connectivity index (χ4n) is 8.91. The summed E-state index contributed by atoms with van der Waals surface area (Å²) >= 11 is 8.26. The van der Waals surface area contributed by atoms with Crippen LogP contribution in [-0.2, 0) is 35.5 Å². The maximum atomic E-state index is 6.51. The van der Waals surface area contributed by atoms with E-state index in [-0.39, 0.29) is 35.6 Å². The molecule has 8 rings (SSSR count). The molecule has 5 heteroatoms. The quantitative estimate of drug-likeness (QED) is 0.171. The Bertz CT molecular complexity index is 2070. The Kier molecular flexibility index (Phi) is 8.16. The Balaban J connectivity index is 0.00000186. The van der Waals surface area contributed by atoms with Crippen LogP contribution in [0.15, 0.2) is 104 Å². The second kappa shape index (κ2) is 11.2. The molecule has 4 aromatic rings. The van der Waals surface area contributed by atoms with Gasteiger partial charge in [-0.25, -0.2) is 0 Å². The van der Waals surface area contributed by atoms with Crippen molar-refractivity contribution in [2.75, 3.05) is 0 Å². The molecule has 0 aromatic heterocycles. The number of benzene rings is 4. The number of hydrogen-bond donors (Lipinski definition) is 0. The van der Waals surface area contributed by atoms with Crippen LogP contribution in [0.3, 0.4) is 0 Å². The van der Waals surface area contributed by atoms with E-state index in [1.54, 1.807) is 0 Å². The fraction of sp³-hybridized carbons (Fsp3) is 0.195. The first-order valence-corrected chi connectivity index (χ1v) is 23.0. The molecule has 0 amide bonds. The van der Waals surface area contributed by atoms with E-state index in [2.05, 4.69) is 113 Å². The van der Waals surface area contributed by atoms with E-state index in [0.29, 0.717) is 0 Å². The molecule has 0 saturated carbocycles. The Labute approximate surface area is 296 Å². The van der Waals surface area contributed by atoms with E-state index >= 15 is 0 Å². The second-order valence-corrected chi connectivity index (χ2v) is 28.2. The second-order valence-electron chi connectivity index (χ2n) is 14.4. The molecule has 4 aliphatic rings. The van der Waals surface area contributed by atoms with Crippen LogP contribution >= 0.6 is 48.0 Å². The van der Waals surface area contributed by atoms with E-state index in [0.717, 1.165) is 22.9 Å². The Hall–Kier alpha value is -2.25. The van der Waals surface area contributed by atoms with Crippen molar-refractivity contribution < 1.29 is 18.3 Å². The Morgan fingerprint density at radius 2 is 1.26 bits per heavy atom. The van der Waals surface area contributed by atoms with Crippen LogP contribution in [0.5, 0.6) is 0 Å². The maximum absolute atomic E-state index is 6.51. The van der Waals surface area contributed by atoms with Crippen molar-refractivity contribution >= 4 is 70.9 Å². The third-order valence-corrected chi connectivity index (χ3v) is 28.9. The van der Waals surface area contributed by atoms with Gasteiger partial charge in [0, 0.05) is 0 Å². The van der Waals surface area contributed by atoms with Gasteiger partial charge in [0.15, 0.2) is 0 Å². The van der Waals surface area contributed by atoms with E-state index < -0.39 is 18.3 Å². The molecule has 0 heterocycles. The summed E-state index contributed by atoms with van der Waals surface area (Å²) in [7, 11) is 0. The molecule has 0 nitrogen and oxygen atoms in total. The van der Waals surface area contributed by atoms with Gasteiger partial charge in [0.05, 0.1) is 0 Å². The molecule has 0 N–H and O–H groups in total. The SMILES string of the molecule is Cl.Cl.[CH2]=[Zr]([C]1=CC=CC1)([C]1=Cc2cc3c(cc2C1(C)C)Cc1cc2c(cc1-3)C=CC2(C)C)([c]1ccc(Cl)cc1)[c]1ccc(Cl)cc1. The van der Waals surface area contributed by atoms with Gasteiger partial charge in [0.25, 0.3) is 0 Å². The van der Waals surface area contributed by atoms with Gasteiger partial charge in [0.2, 0.25) is 0 Å². The van der Waals surface area contributed by atoms with Crippen molar-refractivity contribution in [2.24, 2.45) is 0 Å². The Morgan fingerprint density at radius 3 is 1.80 bits per heavy atom. The Morgan fingerprint density at radius 1 is 0.717 bits per heavy atom. The number of hydrogen-bond acceptors (Lipinski definition) is 0. The first-order valence-electron chi connectivity index (χ1n) is 15.6. The van der Waals surface area contributed by atoms with Crippen LogP contribution in [0.1, 0.15) is 67.5 Å². The molecule has 46 heavy (non-hydrogen) atoms. The topological polar surface area (TPSA) is 0 Å². The first kappa shape index (κ1) is 33.6. The molecule has 4 aliphatic carbocycles. The predicted molar refractivity (Wildman–Crippen MR) is 203 cm³/mol. The molecule has 0 spiro atoms. The molecule has 0 fully saturated rings. The molecule has 0 unspecified atom stereocenters. The third-order valence-electron chi connectivity index (χ3n) is 11.3. The van der Waals surface area contributed by atoms with Gasteiger partial charge in [-0.1, -0.05) is 0 Å². The molecule has 234 valence electrons. The normalized spacial score (nSPS) is 17.7. The molecule has 0 radical (unpaired) electrons. The van der Waals surface area contributed by atoms with Crippen LogP contribution in [0.4, 0.5) is 0 Å². The molecule has 0 saturated heterocycles. The summed E-state index contributed by atoms with van der Waals surface area (Å²) in [6, 6.07) is 27.1. The number of fused-ring (bicyclic) bond motifs is 5. The molecular weight excluding hydrogens is 725 g/mol. The van der Waals surface area contributed by atoms with Gasteiger partial charge in [0.1, 0.15) is 0 Å². The van der Waals surface area contributed by atoms with E-state index in [1.165, 1.54) is 57.6 Å². The van der Waals surface area contributed by atoms with Crippen molar-refractivity contribution in [3.05, 3.63) is 147 Å². The van der Waals surface area contributed by atoms with Crippen LogP contribution < -0.4 is 6.54 Å². The number of rotatable bonds is 4. The number of allylic oxidation sites excluding steroid dienone is 6. The fourth-order valence-corrected chi connectivity index (χ4v) is 26.0. The summed E-state index contributed by atoms with van der Waals surface area (Å²) in [5, 5.41) is 1.49. The zero-order chi connectivity index (χ0) is 30.7. The van der Waals surface area contributed by atoms with Crippen molar-refractivity contribution in [2.45, 2.75) is 51.4 Å². The minimum atomic E-state index is -4.76. The summed E-state index contributed by atoms with van der Waals surface area (Å²) < 4.78 is 11.1. The van der Waals surface area contributed by atoms with Crippen molar-refractivity contribution in [3.63, 3.8) is 0 Å². The van der Waals surface area contributed by atoms with Crippen LogP contribution in [0.2, 0.25) is 10.0 Å². The van der Waals surface area contributed by atoms with Gasteiger partial charge in [-0.15, -0.1) is 24.8 Å². The van der Waals surface area contributed by atoms with Gasteiger partial charge in [-0.2, -0.15) is 0 Å². The van der Waals surface area contributed by atoms with Crippen molar-refractivity contribution in [1.82, 2.24) is 0 Å². The molecule has 0 aliphatic heterocycles. The first-order chi connectivity index (χ1) is 20.9. The monoisotopic (exact) mass is 760 g/mol. The summed E-state index contributed by atoms with van der Waals surface area (Å²) in [6.07, 6.45) is 15.9. The number of halogens is 4. The van der Waals surface area contributed by atoms with Crippen LogP contribution in [0.25, 0.3) is 23.3 Å². The van der Waals surface area contributed by atoms with Crippen LogP contribution in [-0.4, -0.2) is 4.21 Å². The average molecular weight is 764 g/mol. The van der Waals surface area contributed by atoms with E-state index in [4.69, 9.17) is 27.4 Å². The molecule has 4 aromatic carbocycles. The standard InChI is InChI=1S/C23H21.2C6H4Cl.C5H5.CH2.2ClH.Zr/c1-22(2)7-5-14-10-18-16(12-20(14)22)9-17-13-21-15(11-19(17)18)6-8-23(21,3)4;2*7-6-4-2-1-3-5-6;1-2-4-5-3-1;;;;/h5-7,10-13H,9H2,1-4H3;2*2-5H;1-3H,4H2;1H2;2*1H;.